The smallest absolute Gasteiger partial charge is 0.269 e. The van der Waals surface area contributed by atoms with Gasteiger partial charge in [0.1, 0.15) is 60.8 Å². The number of benzene rings is 2. The van der Waals surface area contributed by atoms with E-state index in [1.807, 2.05) is 36.4 Å². The summed E-state index contributed by atoms with van der Waals surface area (Å²) >= 11 is 0. The predicted octanol–water partition coefficient (Wildman–Crippen LogP) is 2.67. The highest BCUT2D eigenvalue weighted by molar-refractivity contribution is 5.96. The first kappa shape index (κ1) is 40.7. The monoisotopic (exact) mass is 753 g/mol. The summed E-state index contributed by atoms with van der Waals surface area (Å²) in [5, 5.41) is 5.80. The summed E-state index contributed by atoms with van der Waals surface area (Å²) in [7, 11) is 0. The minimum Gasteiger partial charge on any atom is -0.491 e. The number of hydrogen-bond donors (Lipinski definition) is 2. The molecule has 0 saturated carbocycles. The van der Waals surface area contributed by atoms with Crippen LogP contribution in [0.2, 0.25) is 0 Å². The number of aromatic nitrogens is 1. The number of hydrogen-bond acceptors (Lipinski definition) is 13. The van der Waals surface area contributed by atoms with Crippen molar-refractivity contribution < 1.29 is 57.0 Å². The van der Waals surface area contributed by atoms with Crippen LogP contribution in [0.25, 0.3) is 0 Å². The Balaban J connectivity index is 1.31. The maximum Gasteiger partial charge on any atom is 0.269 e. The number of nitrogens with one attached hydrogen (secondary N) is 2. The van der Waals surface area contributed by atoms with Gasteiger partial charge in [0, 0.05) is 25.2 Å². The molecule has 15 nitrogen and oxygen atoms in total. The normalized spacial score (nSPS) is 18.9. The summed E-state index contributed by atoms with van der Waals surface area (Å²) in [4.78, 5) is 30.5. The van der Waals surface area contributed by atoms with E-state index in [0.717, 1.165) is 11.1 Å². The second-order valence-electron chi connectivity index (χ2n) is 12.1. The van der Waals surface area contributed by atoms with E-state index in [1.165, 1.54) is 0 Å². The van der Waals surface area contributed by atoms with E-state index in [-0.39, 0.29) is 11.4 Å². The lowest BCUT2D eigenvalue weighted by Crippen LogP contribution is -2.29. The average Bonchev–Trinajstić information content (AvgIpc) is 3.17. The Bertz CT molecular complexity index is 1400. The fraction of sp³-hybridized carbons (Fsp3) is 0.513. The van der Waals surface area contributed by atoms with Gasteiger partial charge in [0.05, 0.1) is 79.3 Å². The number of nitrogens with zero attached hydrogens (tertiary/aromatic N) is 1. The van der Waals surface area contributed by atoms with Crippen LogP contribution in [0, 0.1) is 0 Å². The molecule has 15 heteroatoms. The van der Waals surface area contributed by atoms with Gasteiger partial charge in [0.15, 0.2) is 0 Å². The third kappa shape index (κ3) is 15.5. The number of ether oxygens (including phenoxy) is 10. The Morgan fingerprint density at radius 3 is 1.02 bits per heavy atom. The third-order valence-corrected chi connectivity index (χ3v) is 7.97. The van der Waals surface area contributed by atoms with Crippen molar-refractivity contribution in [2.45, 2.75) is 12.8 Å². The van der Waals surface area contributed by atoms with Crippen molar-refractivity contribution in [3.8, 4) is 23.0 Å². The highest BCUT2D eigenvalue weighted by Crippen LogP contribution is 2.25. The summed E-state index contributed by atoms with van der Waals surface area (Å²) in [6, 6.07) is 16.0. The first-order valence-corrected chi connectivity index (χ1v) is 18.4. The Labute approximate surface area is 315 Å². The van der Waals surface area contributed by atoms with E-state index >= 15 is 0 Å². The highest BCUT2D eigenvalue weighted by atomic mass is 16.6. The van der Waals surface area contributed by atoms with E-state index in [4.69, 9.17) is 47.4 Å². The van der Waals surface area contributed by atoms with Crippen LogP contribution in [-0.2, 0) is 41.3 Å². The molecule has 0 fully saturated rings. The molecule has 0 unspecified atom stereocenters. The van der Waals surface area contributed by atoms with E-state index < -0.39 is 11.8 Å². The first-order valence-electron chi connectivity index (χ1n) is 18.4. The molecule has 0 aliphatic carbocycles. The lowest BCUT2D eigenvalue weighted by Gasteiger charge is -2.14. The summed E-state index contributed by atoms with van der Waals surface area (Å²) in [6.07, 6.45) is 0.987. The van der Waals surface area contributed by atoms with Gasteiger partial charge in [-0.15, -0.1) is 0 Å². The van der Waals surface area contributed by atoms with Gasteiger partial charge in [0.2, 0.25) is 0 Å². The van der Waals surface area contributed by atoms with Crippen LogP contribution in [0.1, 0.15) is 32.1 Å². The highest BCUT2D eigenvalue weighted by Gasteiger charge is 2.14. The van der Waals surface area contributed by atoms with Crippen molar-refractivity contribution in [1.82, 2.24) is 15.6 Å². The van der Waals surface area contributed by atoms with Gasteiger partial charge in [-0.3, -0.25) is 9.59 Å². The summed E-state index contributed by atoms with van der Waals surface area (Å²) in [6.45, 7) is 6.76. The van der Waals surface area contributed by atoms with Crippen LogP contribution in [-0.4, -0.2) is 136 Å². The third-order valence-electron chi connectivity index (χ3n) is 7.97. The molecule has 3 aromatic rings. The van der Waals surface area contributed by atoms with Gasteiger partial charge in [-0.1, -0.05) is 6.07 Å². The van der Waals surface area contributed by atoms with Crippen molar-refractivity contribution >= 4 is 11.8 Å². The number of pyridine rings is 1. The molecule has 5 rings (SSSR count). The Morgan fingerprint density at radius 2 is 0.704 bits per heavy atom. The fourth-order valence-electron chi connectivity index (χ4n) is 5.35. The van der Waals surface area contributed by atoms with Crippen LogP contribution in [0.5, 0.6) is 23.0 Å². The van der Waals surface area contributed by atoms with Crippen LogP contribution in [0.3, 0.4) is 0 Å². The molecule has 2 amide bonds. The molecule has 1 aromatic heterocycles. The summed E-state index contributed by atoms with van der Waals surface area (Å²) in [5.74, 6) is 1.65. The van der Waals surface area contributed by atoms with E-state index in [9.17, 15) is 9.59 Å². The molecule has 0 saturated heterocycles. The van der Waals surface area contributed by atoms with Gasteiger partial charge in [-0.2, -0.15) is 0 Å². The van der Waals surface area contributed by atoms with Gasteiger partial charge in [-0.25, -0.2) is 4.98 Å². The molecular formula is C39H51N3O12. The number of fused-ring (bicyclic) bond motifs is 10. The van der Waals surface area contributed by atoms with Crippen LogP contribution in [0.4, 0.5) is 0 Å². The minimum atomic E-state index is -0.393. The molecular weight excluding hydrogens is 702 g/mol. The molecule has 0 spiro atoms. The van der Waals surface area contributed by atoms with Gasteiger partial charge < -0.3 is 58.0 Å². The molecule has 0 radical (unpaired) electrons. The molecule has 8 bridgehead atoms. The maximum absolute atomic E-state index is 13.1. The second-order valence-corrected chi connectivity index (χ2v) is 12.1. The predicted molar refractivity (Wildman–Crippen MR) is 196 cm³/mol. The fourth-order valence-corrected chi connectivity index (χ4v) is 5.35. The summed E-state index contributed by atoms with van der Waals surface area (Å²) < 4.78 is 57.9. The zero-order valence-electron chi connectivity index (χ0n) is 30.7. The molecule has 54 heavy (non-hydrogen) atoms. The minimum absolute atomic E-state index is 0.137. The van der Waals surface area contributed by atoms with Crippen molar-refractivity contribution in [3.63, 3.8) is 0 Å². The first-order chi connectivity index (χ1) is 26.6. The van der Waals surface area contributed by atoms with Crippen molar-refractivity contribution in [3.05, 3.63) is 77.1 Å². The molecule has 294 valence electrons. The number of rotatable bonds is 0. The average molecular weight is 754 g/mol. The lowest BCUT2D eigenvalue weighted by molar-refractivity contribution is 0.00433. The van der Waals surface area contributed by atoms with E-state index in [2.05, 4.69) is 15.6 Å². The topological polar surface area (TPSA) is 163 Å². The van der Waals surface area contributed by atoms with Crippen molar-refractivity contribution in [1.29, 1.82) is 0 Å². The number of amides is 2. The van der Waals surface area contributed by atoms with E-state index in [0.29, 0.717) is 155 Å². The van der Waals surface area contributed by atoms with Gasteiger partial charge in [0.25, 0.3) is 11.8 Å². The Kier molecular flexibility index (Phi) is 18.1. The summed E-state index contributed by atoms with van der Waals surface area (Å²) in [5.41, 5.74) is 2.07. The maximum atomic E-state index is 13.1. The Hall–Kier alpha value is -4.51. The standard InChI is InChI=1S/C39H51N3O12/c43-38-36-2-1-3-37(42-36)39(44)41-7-5-31-26-34-29-35(27-31)54-23-19-50-15-11-46-9-13-48-17-21-52-33-25-30(4-6-40-38)24-32(28-33)51-20-16-47-12-8-45-10-14-49-18-22-53-34/h1-3,24-29H,4-23H2,(H,40,43)(H,41,44). The molecule has 3 heterocycles. The van der Waals surface area contributed by atoms with Gasteiger partial charge >= 0.3 is 0 Å². The van der Waals surface area contributed by atoms with Crippen LogP contribution < -0.4 is 29.6 Å². The van der Waals surface area contributed by atoms with Crippen molar-refractivity contribution in [2.75, 3.05) is 119 Å². The van der Waals surface area contributed by atoms with Crippen LogP contribution >= 0.6 is 0 Å². The van der Waals surface area contributed by atoms with E-state index in [1.54, 1.807) is 18.2 Å². The number of carbonyl (C=O) groups excluding carboxylic acids is 2. The largest absolute Gasteiger partial charge is 0.491 e. The quantitative estimate of drug-likeness (QED) is 0.345. The molecule has 2 aromatic carbocycles. The number of carbonyl (C=O) groups is 2. The molecule has 2 aliphatic rings. The lowest BCUT2D eigenvalue weighted by atomic mass is 10.1. The molecule has 2 N–H and O–H groups in total. The van der Waals surface area contributed by atoms with Crippen molar-refractivity contribution in [2.24, 2.45) is 0 Å². The SMILES string of the molecule is O=C1NCCc2cc3cc(c2)OCCOCCOCCOCCOc2cc(cc(c2)OCCOCCOCCOCCO3)CCNC(=O)c2cccc1n2. The zero-order valence-corrected chi connectivity index (χ0v) is 30.7. The molecule has 0 atom stereocenters. The second kappa shape index (κ2) is 24.0. The zero-order chi connectivity index (χ0) is 37.5. The van der Waals surface area contributed by atoms with Crippen LogP contribution in [0.15, 0.2) is 54.6 Å². The van der Waals surface area contributed by atoms with Gasteiger partial charge in [-0.05, 0) is 60.4 Å². The Morgan fingerprint density at radius 1 is 0.407 bits per heavy atom. The molecule has 2 aliphatic heterocycles.